The molecule has 0 bridgehead atoms. The lowest BCUT2D eigenvalue weighted by Gasteiger charge is -2.10. The van der Waals surface area contributed by atoms with Crippen LogP contribution in [0.2, 0.25) is 0 Å². The number of aryl methyl sites for hydroxylation is 1. The van der Waals surface area contributed by atoms with Crippen molar-refractivity contribution in [3.63, 3.8) is 0 Å². The van der Waals surface area contributed by atoms with Crippen molar-refractivity contribution >= 4 is 38.3 Å². The van der Waals surface area contributed by atoms with Crippen molar-refractivity contribution in [1.29, 1.82) is 0 Å². The van der Waals surface area contributed by atoms with E-state index in [0.717, 1.165) is 6.42 Å². The lowest BCUT2D eigenvalue weighted by molar-refractivity contribution is 0.989. The van der Waals surface area contributed by atoms with E-state index >= 15 is 0 Å². The number of rotatable bonds is 0. The fourth-order valence-electron chi connectivity index (χ4n) is 4.30. The Hall–Kier alpha value is -2.38. The van der Waals surface area contributed by atoms with Gasteiger partial charge in [-0.2, -0.15) is 0 Å². The Morgan fingerprint density at radius 2 is 1.75 bits per heavy atom. The van der Waals surface area contributed by atoms with Crippen molar-refractivity contribution in [2.75, 3.05) is 0 Å². The maximum Gasteiger partial charge on any atom is 0.0393 e. The predicted molar refractivity (Wildman–Crippen MR) is 105 cm³/mol. The molecule has 0 nitrogen and oxygen atoms in total. The molecule has 3 aromatic carbocycles. The average molecular weight is 324 g/mol. The minimum atomic E-state index is 1.09. The number of fused-ring (bicyclic) bond motifs is 7. The van der Waals surface area contributed by atoms with Crippen LogP contribution in [-0.2, 0) is 12.8 Å². The Bertz CT molecular complexity index is 1170. The SMILES string of the molecule is C1=Cc2cc3sc4c(c3cc2CC1)Cc1cc2ccccc2cc1-4. The first-order chi connectivity index (χ1) is 11.9. The van der Waals surface area contributed by atoms with Gasteiger partial charge in [0, 0.05) is 16.0 Å². The second-order valence-electron chi connectivity index (χ2n) is 6.93. The highest BCUT2D eigenvalue weighted by atomic mass is 32.1. The quantitative estimate of drug-likeness (QED) is 0.301. The summed E-state index contributed by atoms with van der Waals surface area (Å²) in [7, 11) is 0. The molecule has 0 fully saturated rings. The molecule has 24 heavy (non-hydrogen) atoms. The maximum absolute atomic E-state index is 2.47. The Morgan fingerprint density at radius 1 is 0.875 bits per heavy atom. The molecule has 2 aliphatic carbocycles. The third-order valence-electron chi connectivity index (χ3n) is 5.51. The van der Waals surface area contributed by atoms with Crippen molar-refractivity contribution in [1.82, 2.24) is 0 Å². The standard InChI is InChI=1S/C23H16S/c1-2-6-15-10-19-18(9-14(15)5-1)12-21-20-11-16-7-3-4-8-17(16)13-22(20)24-23(19)21/h1-2,4-6,8-11,13H,3,7,12H2. The molecular weight excluding hydrogens is 308 g/mol. The molecule has 0 saturated carbocycles. The summed E-state index contributed by atoms with van der Waals surface area (Å²) in [6.07, 6.45) is 8.05. The molecule has 6 rings (SSSR count). The second kappa shape index (κ2) is 4.58. The second-order valence-corrected chi connectivity index (χ2v) is 7.98. The fraction of sp³-hybridized carbons (Fsp3) is 0.130. The molecule has 114 valence electrons. The smallest absolute Gasteiger partial charge is 0.0393 e. The highest BCUT2D eigenvalue weighted by Crippen LogP contribution is 2.48. The number of thiophene rings is 1. The van der Waals surface area contributed by atoms with Gasteiger partial charge in [-0.1, -0.05) is 42.5 Å². The highest BCUT2D eigenvalue weighted by Gasteiger charge is 2.24. The van der Waals surface area contributed by atoms with E-state index in [1.165, 1.54) is 60.8 Å². The lowest BCUT2D eigenvalue weighted by atomic mass is 9.95. The first-order valence-electron chi connectivity index (χ1n) is 8.64. The summed E-state index contributed by atoms with van der Waals surface area (Å²) in [5.41, 5.74) is 7.45. The monoisotopic (exact) mass is 324 g/mol. The molecule has 1 heterocycles. The van der Waals surface area contributed by atoms with Crippen LogP contribution >= 0.6 is 11.3 Å². The minimum Gasteiger partial charge on any atom is -0.135 e. The van der Waals surface area contributed by atoms with E-state index in [4.69, 9.17) is 0 Å². The van der Waals surface area contributed by atoms with Crippen molar-refractivity contribution in [3.8, 4) is 10.4 Å². The first kappa shape index (κ1) is 13.0. The zero-order valence-corrected chi connectivity index (χ0v) is 14.1. The van der Waals surface area contributed by atoms with Gasteiger partial charge in [-0.25, -0.2) is 0 Å². The van der Waals surface area contributed by atoms with Crippen LogP contribution in [0.5, 0.6) is 0 Å². The first-order valence-corrected chi connectivity index (χ1v) is 9.45. The van der Waals surface area contributed by atoms with E-state index in [2.05, 4.69) is 60.7 Å². The Balaban J connectivity index is 1.64. The van der Waals surface area contributed by atoms with E-state index in [-0.39, 0.29) is 0 Å². The van der Waals surface area contributed by atoms with E-state index in [1.807, 2.05) is 11.3 Å². The van der Waals surface area contributed by atoms with Gasteiger partial charge in [0.15, 0.2) is 0 Å². The van der Waals surface area contributed by atoms with Gasteiger partial charge < -0.3 is 0 Å². The van der Waals surface area contributed by atoms with Crippen molar-refractivity contribution in [3.05, 3.63) is 76.9 Å². The summed E-state index contributed by atoms with van der Waals surface area (Å²) in [6, 6.07) is 18.4. The molecule has 0 saturated heterocycles. The van der Waals surface area contributed by atoms with Gasteiger partial charge in [0.2, 0.25) is 0 Å². The number of allylic oxidation sites excluding steroid dienone is 1. The Morgan fingerprint density at radius 3 is 2.67 bits per heavy atom. The number of hydrogen-bond donors (Lipinski definition) is 0. The van der Waals surface area contributed by atoms with Crippen LogP contribution < -0.4 is 0 Å². The fourth-order valence-corrected chi connectivity index (χ4v) is 5.61. The molecule has 0 radical (unpaired) electrons. The summed E-state index contributed by atoms with van der Waals surface area (Å²) >= 11 is 1.98. The zero-order chi connectivity index (χ0) is 15.7. The Kier molecular flexibility index (Phi) is 2.48. The largest absolute Gasteiger partial charge is 0.135 e. The molecule has 1 heteroatoms. The summed E-state index contributed by atoms with van der Waals surface area (Å²) in [4.78, 5) is 1.50. The number of hydrogen-bond acceptors (Lipinski definition) is 1. The third kappa shape index (κ3) is 1.68. The molecule has 4 aromatic rings. The van der Waals surface area contributed by atoms with E-state index < -0.39 is 0 Å². The molecule has 0 amide bonds. The van der Waals surface area contributed by atoms with Crippen LogP contribution in [0.25, 0.3) is 37.4 Å². The molecular formula is C23H16S. The summed E-state index contributed by atoms with van der Waals surface area (Å²) in [5.74, 6) is 0. The maximum atomic E-state index is 2.47. The molecule has 0 unspecified atom stereocenters. The Labute approximate surface area is 145 Å². The van der Waals surface area contributed by atoms with Gasteiger partial charge in [-0.3, -0.25) is 0 Å². The van der Waals surface area contributed by atoms with E-state index in [0.29, 0.717) is 0 Å². The highest BCUT2D eigenvalue weighted by molar-refractivity contribution is 7.22. The summed E-state index contributed by atoms with van der Waals surface area (Å²) in [6.45, 7) is 0. The molecule has 1 aromatic heterocycles. The van der Waals surface area contributed by atoms with Crippen LogP contribution in [-0.4, -0.2) is 0 Å². The predicted octanol–water partition coefficient (Wildman–Crippen LogP) is 6.59. The van der Waals surface area contributed by atoms with Gasteiger partial charge in [0.1, 0.15) is 0 Å². The zero-order valence-electron chi connectivity index (χ0n) is 13.3. The normalized spacial score (nSPS) is 14.8. The van der Waals surface area contributed by atoms with Crippen molar-refractivity contribution in [2.45, 2.75) is 19.3 Å². The third-order valence-corrected chi connectivity index (χ3v) is 6.74. The van der Waals surface area contributed by atoms with Crippen LogP contribution in [0.1, 0.15) is 28.7 Å². The lowest BCUT2D eigenvalue weighted by Crippen LogP contribution is -1.93. The van der Waals surface area contributed by atoms with Crippen molar-refractivity contribution in [2.24, 2.45) is 0 Å². The van der Waals surface area contributed by atoms with Gasteiger partial charge >= 0.3 is 0 Å². The van der Waals surface area contributed by atoms with Gasteiger partial charge in [0.05, 0.1) is 0 Å². The van der Waals surface area contributed by atoms with Crippen LogP contribution in [0, 0.1) is 0 Å². The van der Waals surface area contributed by atoms with Gasteiger partial charge in [-0.05, 0) is 75.0 Å². The molecule has 0 atom stereocenters. The molecule has 2 aliphatic rings. The van der Waals surface area contributed by atoms with Gasteiger partial charge in [-0.15, -0.1) is 11.3 Å². The van der Waals surface area contributed by atoms with Crippen molar-refractivity contribution < 1.29 is 0 Å². The molecule has 0 spiro atoms. The van der Waals surface area contributed by atoms with E-state index in [9.17, 15) is 0 Å². The average Bonchev–Trinajstić information content (AvgIpc) is 3.13. The van der Waals surface area contributed by atoms with Crippen LogP contribution in [0.15, 0.2) is 54.6 Å². The topological polar surface area (TPSA) is 0 Å². The van der Waals surface area contributed by atoms with E-state index in [1.54, 1.807) is 5.56 Å². The van der Waals surface area contributed by atoms with Crippen LogP contribution in [0.3, 0.4) is 0 Å². The summed E-state index contributed by atoms with van der Waals surface area (Å²) < 4.78 is 1.45. The minimum absolute atomic E-state index is 1.09. The molecule has 0 aliphatic heterocycles. The molecule has 0 N–H and O–H groups in total. The van der Waals surface area contributed by atoms with Crippen LogP contribution in [0.4, 0.5) is 0 Å². The van der Waals surface area contributed by atoms with Gasteiger partial charge in [0.25, 0.3) is 0 Å². The number of benzene rings is 3. The summed E-state index contributed by atoms with van der Waals surface area (Å²) in [5, 5.41) is 4.20.